The van der Waals surface area contributed by atoms with Gasteiger partial charge in [0.1, 0.15) is 0 Å². The molecule has 0 radical (unpaired) electrons. The standard InChI is InChI=1S/C11H15NO2/c1-7-4-5-9(8(2)12)6-10(7)11(13)14-3/h4-6,8H,12H2,1-3H3/t8-/m1/s1. The average molecular weight is 193 g/mol. The lowest BCUT2D eigenvalue weighted by Crippen LogP contribution is -2.09. The summed E-state index contributed by atoms with van der Waals surface area (Å²) in [6.45, 7) is 3.75. The first kappa shape index (κ1) is 10.7. The van der Waals surface area contributed by atoms with Crippen LogP contribution in [-0.2, 0) is 4.74 Å². The molecule has 0 heterocycles. The molecule has 0 aliphatic heterocycles. The Kier molecular flexibility index (Phi) is 3.25. The highest BCUT2D eigenvalue weighted by Crippen LogP contribution is 2.16. The summed E-state index contributed by atoms with van der Waals surface area (Å²) in [5.41, 5.74) is 8.15. The zero-order valence-corrected chi connectivity index (χ0v) is 8.70. The maximum Gasteiger partial charge on any atom is 0.338 e. The van der Waals surface area contributed by atoms with Crippen LogP contribution in [-0.4, -0.2) is 13.1 Å². The van der Waals surface area contributed by atoms with Gasteiger partial charge in [0.05, 0.1) is 12.7 Å². The molecule has 0 amide bonds. The van der Waals surface area contributed by atoms with Gasteiger partial charge in [-0.1, -0.05) is 12.1 Å². The number of hydrogen-bond acceptors (Lipinski definition) is 3. The predicted molar refractivity (Wildman–Crippen MR) is 55.1 cm³/mol. The van der Waals surface area contributed by atoms with E-state index in [0.717, 1.165) is 11.1 Å². The van der Waals surface area contributed by atoms with Gasteiger partial charge in [-0.2, -0.15) is 0 Å². The first-order valence-electron chi connectivity index (χ1n) is 4.50. The average Bonchev–Trinajstić information content (AvgIpc) is 2.17. The van der Waals surface area contributed by atoms with Crippen molar-refractivity contribution in [2.75, 3.05) is 7.11 Å². The third kappa shape index (κ3) is 2.12. The van der Waals surface area contributed by atoms with Crippen LogP contribution in [0.1, 0.15) is 34.5 Å². The molecule has 0 bridgehead atoms. The largest absolute Gasteiger partial charge is 0.465 e. The summed E-state index contributed by atoms with van der Waals surface area (Å²) in [5, 5.41) is 0. The van der Waals surface area contributed by atoms with Gasteiger partial charge in [0.2, 0.25) is 0 Å². The van der Waals surface area contributed by atoms with Gasteiger partial charge in [0.25, 0.3) is 0 Å². The molecule has 3 heteroatoms. The first-order chi connectivity index (χ1) is 6.56. The number of esters is 1. The highest BCUT2D eigenvalue weighted by Gasteiger charge is 2.10. The van der Waals surface area contributed by atoms with E-state index in [1.807, 2.05) is 26.0 Å². The van der Waals surface area contributed by atoms with Crippen molar-refractivity contribution in [1.82, 2.24) is 0 Å². The molecule has 1 aromatic carbocycles. The Morgan fingerprint density at radius 1 is 1.50 bits per heavy atom. The molecular formula is C11H15NO2. The molecule has 0 spiro atoms. The Labute approximate surface area is 83.9 Å². The summed E-state index contributed by atoms with van der Waals surface area (Å²) >= 11 is 0. The quantitative estimate of drug-likeness (QED) is 0.729. The molecule has 1 atom stereocenters. The van der Waals surface area contributed by atoms with Crippen LogP contribution in [0.5, 0.6) is 0 Å². The molecule has 0 aromatic heterocycles. The Balaban J connectivity index is 3.15. The van der Waals surface area contributed by atoms with E-state index in [1.165, 1.54) is 7.11 Å². The van der Waals surface area contributed by atoms with Crippen molar-refractivity contribution >= 4 is 5.97 Å². The Hall–Kier alpha value is -1.35. The monoisotopic (exact) mass is 193 g/mol. The molecule has 2 N–H and O–H groups in total. The van der Waals surface area contributed by atoms with Crippen molar-refractivity contribution < 1.29 is 9.53 Å². The number of rotatable bonds is 2. The van der Waals surface area contributed by atoms with Gasteiger partial charge in [0.15, 0.2) is 0 Å². The molecule has 14 heavy (non-hydrogen) atoms. The Morgan fingerprint density at radius 2 is 2.14 bits per heavy atom. The minimum atomic E-state index is -0.315. The predicted octanol–water partition coefficient (Wildman–Crippen LogP) is 1.80. The SMILES string of the molecule is COC(=O)c1cc([C@@H](C)N)ccc1C. The first-order valence-corrected chi connectivity index (χ1v) is 4.50. The highest BCUT2D eigenvalue weighted by molar-refractivity contribution is 5.91. The lowest BCUT2D eigenvalue weighted by Gasteiger charge is -2.09. The van der Waals surface area contributed by atoms with Crippen molar-refractivity contribution in [2.45, 2.75) is 19.9 Å². The van der Waals surface area contributed by atoms with E-state index < -0.39 is 0 Å². The van der Waals surface area contributed by atoms with E-state index in [0.29, 0.717) is 5.56 Å². The number of aryl methyl sites for hydroxylation is 1. The number of carbonyl (C=O) groups excluding carboxylic acids is 1. The van der Waals surface area contributed by atoms with Gasteiger partial charge < -0.3 is 10.5 Å². The van der Waals surface area contributed by atoms with Crippen LogP contribution >= 0.6 is 0 Å². The van der Waals surface area contributed by atoms with Crippen LogP contribution in [0.4, 0.5) is 0 Å². The maximum atomic E-state index is 11.3. The van der Waals surface area contributed by atoms with Crippen LogP contribution in [0.3, 0.4) is 0 Å². The van der Waals surface area contributed by atoms with Crippen LogP contribution in [0, 0.1) is 6.92 Å². The molecular weight excluding hydrogens is 178 g/mol. The number of benzene rings is 1. The van der Waals surface area contributed by atoms with Gasteiger partial charge >= 0.3 is 5.97 Å². The van der Waals surface area contributed by atoms with E-state index in [2.05, 4.69) is 4.74 Å². The van der Waals surface area contributed by atoms with E-state index in [-0.39, 0.29) is 12.0 Å². The number of nitrogens with two attached hydrogens (primary N) is 1. The fourth-order valence-electron chi connectivity index (χ4n) is 1.25. The van der Waals surface area contributed by atoms with Crippen LogP contribution in [0.15, 0.2) is 18.2 Å². The van der Waals surface area contributed by atoms with E-state index in [1.54, 1.807) is 6.07 Å². The summed E-state index contributed by atoms with van der Waals surface area (Å²) in [6, 6.07) is 5.52. The third-order valence-electron chi connectivity index (χ3n) is 2.19. The van der Waals surface area contributed by atoms with E-state index >= 15 is 0 Å². The molecule has 0 aliphatic rings. The maximum absolute atomic E-state index is 11.3. The molecule has 3 nitrogen and oxygen atoms in total. The summed E-state index contributed by atoms with van der Waals surface area (Å²) in [4.78, 5) is 11.3. The molecule has 1 rings (SSSR count). The number of hydrogen-bond donors (Lipinski definition) is 1. The van der Waals surface area contributed by atoms with Crippen LogP contribution in [0.25, 0.3) is 0 Å². The fraction of sp³-hybridized carbons (Fsp3) is 0.364. The molecule has 0 saturated carbocycles. The highest BCUT2D eigenvalue weighted by atomic mass is 16.5. The Bertz CT molecular complexity index is 345. The molecule has 0 fully saturated rings. The van der Waals surface area contributed by atoms with Gasteiger partial charge in [0, 0.05) is 6.04 Å². The molecule has 0 saturated heterocycles. The van der Waals surface area contributed by atoms with Gasteiger partial charge in [-0.25, -0.2) is 4.79 Å². The number of carbonyl (C=O) groups is 1. The summed E-state index contributed by atoms with van der Waals surface area (Å²) < 4.78 is 4.67. The molecule has 76 valence electrons. The summed E-state index contributed by atoms with van der Waals surface area (Å²) in [5.74, 6) is -0.315. The Morgan fingerprint density at radius 3 is 2.64 bits per heavy atom. The van der Waals surface area contributed by atoms with E-state index in [4.69, 9.17) is 5.73 Å². The zero-order chi connectivity index (χ0) is 10.7. The fourth-order valence-corrected chi connectivity index (χ4v) is 1.25. The minimum Gasteiger partial charge on any atom is -0.465 e. The molecule has 0 aliphatic carbocycles. The van der Waals surface area contributed by atoms with Crippen molar-refractivity contribution in [3.8, 4) is 0 Å². The van der Waals surface area contributed by atoms with Gasteiger partial charge in [-0.3, -0.25) is 0 Å². The molecule has 1 aromatic rings. The minimum absolute atomic E-state index is 0.0704. The lowest BCUT2D eigenvalue weighted by atomic mass is 10.0. The van der Waals surface area contributed by atoms with Crippen molar-refractivity contribution in [2.24, 2.45) is 5.73 Å². The number of methoxy groups -OCH3 is 1. The van der Waals surface area contributed by atoms with Gasteiger partial charge in [-0.15, -0.1) is 0 Å². The lowest BCUT2D eigenvalue weighted by molar-refractivity contribution is 0.0600. The van der Waals surface area contributed by atoms with Crippen molar-refractivity contribution in [3.05, 3.63) is 34.9 Å². The van der Waals surface area contributed by atoms with Crippen molar-refractivity contribution in [1.29, 1.82) is 0 Å². The summed E-state index contributed by atoms with van der Waals surface area (Å²) in [6.07, 6.45) is 0. The number of ether oxygens (including phenoxy) is 1. The third-order valence-corrected chi connectivity index (χ3v) is 2.19. The van der Waals surface area contributed by atoms with E-state index in [9.17, 15) is 4.79 Å². The second-order valence-electron chi connectivity index (χ2n) is 3.35. The normalized spacial score (nSPS) is 12.3. The second-order valence-corrected chi connectivity index (χ2v) is 3.35. The smallest absolute Gasteiger partial charge is 0.338 e. The zero-order valence-electron chi connectivity index (χ0n) is 8.70. The second kappa shape index (κ2) is 4.24. The van der Waals surface area contributed by atoms with Gasteiger partial charge in [-0.05, 0) is 31.0 Å². The molecule has 0 unspecified atom stereocenters. The summed E-state index contributed by atoms with van der Waals surface area (Å²) in [7, 11) is 1.38. The van der Waals surface area contributed by atoms with Crippen LogP contribution in [0.2, 0.25) is 0 Å². The van der Waals surface area contributed by atoms with Crippen molar-refractivity contribution in [3.63, 3.8) is 0 Å². The topological polar surface area (TPSA) is 52.3 Å². The van der Waals surface area contributed by atoms with Crippen LogP contribution < -0.4 is 5.73 Å².